The smallest absolute Gasteiger partial charge is 0.125 e. The van der Waals surface area contributed by atoms with Crippen molar-refractivity contribution in [3.8, 4) is 0 Å². The molecule has 19 heavy (non-hydrogen) atoms. The molecule has 100 valence electrons. The summed E-state index contributed by atoms with van der Waals surface area (Å²) in [7, 11) is 0. The van der Waals surface area contributed by atoms with Gasteiger partial charge in [0.05, 0.1) is 16.8 Å². The highest BCUT2D eigenvalue weighted by Gasteiger charge is 2.12. The fourth-order valence-corrected chi connectivity index (χ4v) is 2.52. The van der Waals surface area contributed by atoms with Crippen molar-refractivity contribution in [3.05, 3.63) is 62.8 Å². The number of nitrogens with one attached hydrogen (secondary N) is 1. The Morgan fingerprint density at radius 2 is 1.74 bits per heavy atom. The fourth-order valence-electron chi connectivity index (χ4n) is 1.77. The molecule has 0 radical (unpaired) electrons. The summed E-state index contributed by atoms with van der Waals surface area (Å²) in [5, 5.41) is 4.71. The van der Waals surface area contributed by atoms with Crippen LogP contribution in [0, 0.1) is 5.82 Å². The van der Waals surface area contributed by atoms with Gasteiger partial charge >= 0.3 is 0 Å². The van der Waals surface area contributed by atoms with Crippen LogP contribution < -0.4 is 5.32 Å². The number of halogens is 4. The van der Waals surface area contributed by atoms with E-state index in [0.29, 0.717) is 20.8 Å². The standard InChI is InChI=1S/C14H11Cl3FN/c1-8(11-4-2-9(15)6-13(11)17)19-14-7-10(18)3-5-12(14)16/h2-8,19H,1H3. The van der Waals surface area contributed by atoms with Crippen LogP contribution in [-0.2, 0) is 0 Å². The molecule has 0 amide bonds. The Balaban J connectivity index is 2.25. The van der Waals surface area contributed by atoms with Crippen LogP contribution in [0.1, 0.15) is 18.5 Å². The van der Waals surface area contributed by atoms with Crippen molar-refractivity contribution in [1.82, 2.24) is 0 Å². The lowest BCUT2D eigenvalue weighted by atomic mass is 10.1. The van der Waals surface area contributed by atoms with Gasteiger partial charge in [-0.25, -0.2) is 4.39 Å². The molecule has 2 aromatic carbocycles. The van der Waals surface area contributed by atoms with E-state index in [4.69, 9.17) is 34.8 Å². The van der Waals surface area contributed by atoms with E-state index in [2.05, 4.69) is 5.32 Å². The molecule has 0 aromatic heterocycles. The van der Waals surface area contributed by atoms with Gasteiger partial charge in [0.1, 0.15) is 5.82 Å². The van der Waals surface area contributed by atoms with Gasteiger partial charge in [0, 0.05) is 10.0 Å². The predicted octanol–water partition coefficient (Wildman–Crippen LogP) is 5.96. The molecule has 0 aliphatic heterocycles. The third kappa shape index (κ3) is 3.53. The number of hydrogen-bond donors (Lipinski definition) is 1. The van der Waals surface area contributed by atoms with Crippen LogP contribution in [0.4, 0.5) is 10.1 Å². The van der Waals surface area contributed by atoms with Crippen molar-refractivity contribution >= 4 is 40.5 Å². The van der Waals surface area contributed by atoms with Crippen LogP contribution in [0.2, 0.25) is 15.1 Å². The number of hydrogen-bond acceptors (Lipinski definition) is 1. The Kier molecular flexibility index (Phi) is 4.56. The van der Waals surface area contributed by atoms with Crippen LogP contribution >= 0.6 is 34.8 Å². The van der Waals surface area contributed by atoms with Crippen molar-refractivity contribution in [3.63, 3.8) is 0 Å². The molecule has 0 aliphatic rings. The average Bonchev–Trinajstić information content (AvgIpc) is 2.33. The van der Waals surface area contributed by atoms with Gasteiger partial charge in [-0.1, -0.05) is 40.9 Å². The Morgan fingerprint density at radius 1 is 1.00 bits per heavy atom. The number of benzene rings is 2. The molecule has 2 aromatic rings. The van der Waals surface area contributed by atoms with E-state index in [-0.39, 0.29) is 11.9 Å². The van der Waals surface area contributed by atoms with Gasteiger partial charge in [-0.3, -0.25) is 0 Å². The zero-order valence-corrected chi connectivity index (χ0v) is 12.3. The van der Waals surface area contributed by atoms with E-state index < -0.39 is 0 Å². The van der Waals surface area contributed by atoms with Gasteiger partial charge in [0.2, 0.25) is 0 Å². The first-order valence-corrected chi connectivity index (χ1v) is 6.77. The summed E-state index contributed by atoms with van der Waals surface area (Å²) < 4.78 is 13.2. The summed E-state index contributed by atoms with van der Waals surface area (Å²) in [5.74, 6) is -0.346. The molecule has 1 N–H and O–H groups in total. The molecule has 2 rings (SSSR count). The molecular weight excluding hydrogens is 308 g/mol. The highest BCUT2D eigenvalue weighted by atomic mass is 35.5. The monoisotopic (exact) mass is 317 g/mol. The highest BCUT2D eigenvalue weighted by molar-refractivity contribution is 6.35. The van der Waals surface area contributed by atoms with Crippen molar-refractivity contribution in [2.24, 2.45) is 0 Å². The summed E-state index contributed by atoms with van der Waals surface area (Å²) in [6.45, 7) is 1.91. The van der Waals surface area contributed by atoms with Crippen LogP contribution in [0.25, 0.3) is 0 Å². The molecule has 1 nitrogen and oxygen atoms in total. The maximum Gasteiger partial charge on any atom is 0.125 e. The summed E-state index contributed by atoms with van der Waals surface area (Å²) in [6, 6.07) is 9.31. The summed E-state index contributed by atoms with van der Waals surface area (Å²) in [5.41, 5.74) is 1.39. The normalized spacial score (nSPS) is 12.3. The fraction of sp³-hybridized carbons (Fsp3) is 0.143. The topological polar surface area (TPSA) is 12.0 Å². The highest BCUT2D eigenvalue weighted by Crippen LogP contribution is 2.31. The molecule has 0 bridgehead atoms. The minimum Gasteiger partial charge on any atom is -0.377 e. The second-order valence-electron chi connectivity index (χ2n) is 4.16. The molecule has 0 heterocycles. The Hall–Kier alpha value is -0.960. The largest absolute Gasteiger partial charge is 0.377 e. The van der Waals surface area contributed by atoms with E-state index in [1.54, 1.807) is 12.1 Å². The molecular formula is C14H11Cl3FN. The van der Waals surface area contributed by atoms with E-state index in [1.807, 2.05) is 13.0 Å². The first-order chi connectivity index (χ1) is 8.97. The first-order valence-electron chi connectivity index (χ1n) is 5.64. The lowest BCUT2D eigenvalue weighted by Crippen LogP contribution is -2.07. The van der Waals surface area contributed by atoms with Crippen LogP contribution in [0.3, 0.4) is 0 Å². The van der Waals surface area contributed by atoms with Gasteiger partial charge in [-0.2, -0.15) is 0 Å². The van der Waals surface area contributed by atoms with Crippen molar-refractivity contribution in [2.45, 2.75) is 13.0 Å². The zero-order valence-electron chi connectivity index (χ0n) is 10.1. The van der Waals surface area contributed by atoms with Gasteiger partial charge < -0.3 is 5.32 Å². The second kappa shape index (κ2) is 6.00. The SMILES string of the molecule is CC(Nc1cc(F)ccc1Cl)c1ccc(Cl)cc1Cl. The van der Waals surface area contributed by atoms with Gasteiger partial charge in [0.25, 0.3) is 0 Å². The van der Waals surface area contributed by atoms with Crippen LogP contribution in [-0.4, -0.2) is 0 Å². The zero-order chi connectivity index (χ0) is 14.0. The lowest BCUT2D eigenvalue weighted by molar-refractivity contribution is 0.628. The summed E-state index contributed by atoms with van der Waals surface area (Å²) in [4.78, 5) is 0. The molecule has 5 heteroatoms. The molecule has 0 saturated heterocycles. The molecule has 0 fully saturated rings. The van der Waals surface area contributed by atoms with Crippen LogP contribution in [0.15, 0.2) is 36.4 Å². The third-order valence-electron chi connectivity index (χ3n) is 2.73. The lowest BCUT2D eigenvalue weighted by Gasteiger charge is -2.18. The van der Waals surface area contributed by atoms with Gasteiger partial charge in [-0.15, -0.1) is 0 Å². The van der Waals surface area contributed by atoms with Gasteiger partial charge in [0.15, 0.2) is 0 Å². The average molecular weight is 319 g/mol. The van der Waals surface area contributed by atoms with Crippen molar-refractivity contribution < 1.29 is 4.39 Å². The van der Waals surface area contributed by atoms with Crippen LogP contribution in [0.5, 0.6) is 0 Å². The van der Waals surface area contributed by atoms with Gasteiger partial charge in [-0.05, 0) is 42.8 Å². The van der Waals surface area contributed by atoms with E-state index >= 15 is 0 Å². The minimum atomic E-state index is -0.346. The summed E-state index contributed by atoms with van der Waals surface area (Å²) in [6.07, 6.45) is 0. The van der Waals surface area contributed by atoms with E-state index in [9.17, 15) is 4.39 Å². The van der Waals surface area contributed by atoms with E-state index in [1.165, 1.54) is 18.2 Å². The molecule has 1 unspecified atom stereocenters. The minimum absolute atomic E-state index is 0.121. The third-order valence-corrected chi connectivity index (χ3v) is 3.62. The molecule has 1 atom stereocenters. The molecule has 0 aliphatic carbocycles. The number of rotatable bonds is 3. The first kappa shape index (κ1) is 14.4. The Bertz CT molecular complexity index is 601. The predicted molar refractivity (Wildman–Crippen MR) is 79.9 cm³/mol. The van der Waals surface area contributed by atoms with Crippen molar-refractivity contribution in [2.75, 3.05) is 5.32 Å². The Labute approximate surface area is 126 Å². The van der Waals surface area contributed by atoms with Crippen molar-refractivity contribution in [1.29, 1.82) is 0 Å². The number of anilines is 1. The maximum atomic E-state index is 13.2. The molecule has 0 spiro atoms. The Morgan fingerprint density at radius 3 is 2.42 bits per heavy atom. The maximum absolute atomic E-state index is 13.2. The van der Waals surface area contributed by atoms with E-state index in [0.717, 1.165) is 5.56 Å². The second-order valence-corrected chi connectivity index (χ2v) is 5.41. The molecule has 0 saturated carbocycles. The quantitative estimate of drug-likeness (QED) is 0.736. The summed E-state index contributed by atoms with van der Waals surface area (Å²) >= 11 is 18.0.